The Hall–Kier alpha value is -3.16. The van der Waals surface area contributed by atoms with Gasteiger partial charge in [0.2, 0.25) is 0 Å². The van der Waals surface area contributed by atoms with E-state index >= 15 is 0 Å². The summed E-state index contributed by atoms with van der Waals surface area (Å²) in [6, 6.07) is 21.5. The lowest BCUT2D eigenvalue weighted by atomic mass is 9.83. The normalized spacial score (nSPS) is 13.0. The Morgan fingerprint density at radius 2 is 0.595 bits per heavy atom. The summed E-state index contributed by atoms with van der Waals surface area (Å²) in [5.41, 5.74) is 18.4. The van der Waals surface area contributed by atoms with E-state index in [1.807, 2.05) is 0 Å². The van der Waals surface area contributed by atoms with Gasteiger partial charge >= 0.3 is 0 Å². The lowest BCUT2D eigenvalue weighted by Gasteiger charge is -2.33. The fourth-order valence-electron chi connectivity index (χ4n) is 5.86. The van der Waals surface area contributed by atoms with Crippen molar-refractivity contribution in [2.24, 2.45) is 0 Å². The molecule has 0 amide bonds. The Morgan fingerprint density at radius 3 is 0.865 bits per heavy atom. The Labute approximate surface area is 224 Å². The van der Waals surface area contributed by atoms with E-state index in [0.29, 0.717) is 0 Å². The lowest BCUT2D eigenvalue weighted by molar-refractivity contribution is 0.0294. The molecule has 2 atom stereocenters. The Kier molecular flexibility index (Phi) is 7.76. The molecule has 0 radical (unpaired) electrons. The number of benzene rings is 4. The largest absolute Gasteiger partial charge is 0.356 e. The van der Waals surface area contributed by atoms with E-state index in [9.17, 15) is 0 Å². The van der Waals surface area contributed by atoms with Gasteiger partial charge in [0.1, 0.15) is 12.2 Å². The van der Waals surface area contributed by atoms with Crippen LogP contribution in [0.5, 0.6) is 0 Å². The molecule has 1 heteroatoms. The highest BCUT2D eigenvalue weighted by Crippen LogP contribution is 2.43. The average Bonchev–Trinajstić information content (AvgIpc) is 2.92. The van der Waals surface area contributed by atoms with Crippen molar-refractivity contribution in [3.05, 3.63) is 139 Å². The predicted octanol–water partition coefficient (Wildman–Crippen LogP) is 9.67. The number of ether oxygens (including phenoxy) is 1. The van der Waals surface area contributed by atoms with Crippen LogP contribution in [0.1, 0.15) is 90.1 Å². The van der Waals surface area contributed by atoms with Crippen molar-refractivity contribution in [1.82, 2.24) is 0 Å². The monoisotopic (exact) mass is 490 g/mol. The van der Waals surface area contributed by atoms with Gasteiger partial charge in [-0.3, -0.25) is 0 Å². The van der Waals surface area contributed by atoms with Crippen molar-refractivity contribution in [2.75, 3.05) is 0 Å². The number of rotatable bonds is 6. The van der Waals surface area contributed by atoms with E-state index in [1.165, 1.54) is 77.9 Å². The molecule has 0 aromatic heterocycles. The van der Waals surface area contributed by atoms with E-state index in [1.54, 1.807) is 0 Å². The highest BCUT2D eigenvalue weighted by molar-refractivity contribution is 5.54. The number of hydrogen-bond donors (Lipinski definition) is 0. The Bertz CT molecular complexity index is 1260. The molecule has 0 aliphatic heterocycles. The first-order valence-corrected chi connectivity index (χ1v) is 13.4. The van der Waals surface area contributed by atoms with Gasteiger partial charge in [0, 0.05) is 0 Å². The first-order valence-electron chi connectivity index (χ1n) is 13.4. The first kappa shape index (κ1) is 26.9. The summed E-state index contributed by atoms with van der Waals surface area (Å²) in [5, 5.41) is 0. The fraction of sp³-hybridized carbons (Fsp3) is 0.333. The predicted molar refractivity (Wildman–Crippen MR) is 158 cm³/mol. The van der Waals surface area contributed by atoms with Gasteiger partial charge in [-0.25, -0.2) is 0 Å². The maximum Gasteiger partial charge on any atom is 0.109 e. The molecule has 37 heavy (non-hydrogen) atoms. The van der Waals surface area contributed by atoms with Crippen molar-refractivity contribution in [1.29, 1.82) is 0 Å². The van der Waals surface area contributed by atoms with Crippen LogP contribution in [0, 0.1) is 69.2 Å². The maximum absolute atomic E-state index is 7.42. The molecule has 0 aliphatic carbocycles. The minimum Gasteiger partial charge on any atom is -0.356 e. The molecule has 0 saturated carbocycles. The molecular formula is C36H42O. The van der Waals surface area contributed by atoms with Crippen LogP contribution in [0.4, 0.5) is 0 Å². The van der Waals surface area contributed by atoms with Crippen LogP contribution >= 0.6 is 0 Å². The molecule has 192 valence electrons. The highest BCUT2D eigenvalue weighted by atomic mass is 16.5. The molecule has 4 aromatic rings. The van der Waals surface area contributed by atoms with Gasteiger partial charge in [-0.2, -0.15) is 0 Å². The summed E-state index contributed by atoms with van der Waals surface area (Å²) in [7, 11) is 0. The van der Waals surface area contributed by atoms with Crippen molar-refractivity contribution in [3.8, 4) is 0 Å². The SMILES string of the molecule is Cc1c(C)c(C)c(C(OC(c2ccccc2)c2c(C)c(C)c(C)c(C)c2C)c2ccccc2)c(C)c1C. The van der Waals surface area contributed by atoms with Gasteiger partial charge < -0.3 is 4.74 Å². The van der Waals surface area contributed by atoms with Crippen molar-refractivity contribution >= 4 is 0 Å². The Balaban J connectivity index is 2.02. The molecule has 0 bridgehead atoms. The van der Waals surface area contributed by atoms with Crippen LogP contribution in [-0.2, 0) is 4.74 Å². The highest BCUT2D eigenvalue weighted by Gasteiger charge is 2.30. The summed E-state index contributed by atoms with van der Waals surface area (Å²) < 4.78 is 7.42. The van der Waals surface area contributed by atoms with Gasteiger partial charge in [0.25, 0.3) is 0 Å². The minimum atomic E-state index is -0.190. The zero-order valence-electron chi connectivity index (χ0n) is 24.3. The smallest absolute Gasteiger partial charge is 0.109 e. The molecule has 0 heterocycles. The fourth-order valence-corrected chi connectivity index (χ4v) is 5.86. The van der Waals surface area contributed by atoms with Crippen LogP contribution in [0.2, 0.25) is 0 Å². The summed E-state index contributed by atoms with van der Waals surface area (Å²) in [6.07, 6.45) is -0.379. The third-order valence-electron chi connectivity index (χ3n) is 9.12. The van der Waals surface area contributed by atoms with Crippen LogP contribution < -0.4 is 0 Å². The summed E-state index contributed by atoms with van der Waals surface area (Å²) in [6.45, 7) is 22.5. The zero-order chi connectivity index (χ0) is 27.0. The van der Waals surface area contributed by atoms with Crippen LogP contribution in [0.25, 0.3) is 0 Å². The van der Waals surface area contributed by atoms with Gasteiger partial charge in [0.15, 0.2) is 0 Å². The van der Waals surface area contributed by atoms with Gasteiger partial charge in [-0.05, 0) is 147 Å². The molecule has 0 fully saturated rings. The summed E-state index contributed by atoms with van der Waals surface area (Å²) in [5.74, 6) is 0. The topological polar surface area (TPSA) is 9.23 Å². The average molecular weight is 491 g/mol. The van der Waals surface area contributed by atoms with Crippen molar-refractivity contribution < 1.29 is 4.74 Å². The van der Waals surface area contributed by atoms with Crippen LogP contribution in [0.3, 0.4) is 0 Å². The molecule has 1 nitrogen and oxygen atoms in total. The van der Waals surface area contributed by atoms with Crippen molar-refractivity contribution in [2.45, 2.75) is 81.4 Å². The van der Waals surface area contributed by atoms with E-state index in [0.717, 1.165) is 0 Å². The molecule has 0 N–H and O–H groups in total. The summed E-state index contributed by atoms with van der Waals surface area (Å²) in [4.78, 5) is 0. The number of hydrogen-bond acceptors (Lipinski definition) is 1. The molecule has 4 rings (SSSR count). The second-order valence-corrected chi connectivity index (χ2v) is 10.8. The molecule has 4 aromatic carbocycles. The van der Waals surface area contributed by atoms with E-state index < -0.39 is 0 Å². The van der Waals surface area contributed by atoms with Gasteiger partial charge in [0.05, 0.1) is 0 Å². The van der Waals surface area contributed by atoms with Gasteiger partial charge in [-0.1, -0.05) is 60.7 Å². The van der Waals surface area contributed by atoms with E-state index in [2.05, 4.69) is 130 Å². The zero-order valence-corrected chi connectivity index (χ0v) is 24.3. The molecule has 0 spiro atoms. The van der Waals surface area contributed by atoms with Crippen LogP contribution in [0.15, 0.2) is 60.7 Å². The maximum atomic E-state index is 7.42. The third-order valence-corrected chi connectivity index (χ3v) is 9.12. The van der Waals surface area contributed by atoms with Crippen molar-refractivity contribution in [3.63, 3.8) is 0 Å². The van der Waals surface area contributed by atoms with Gasteiger partial charge in [-0.15, -0.1) is 0 Å². The van der Waals surface area contributed by atoms with E-state index in [4.69, 9.17) is 4.74 Å². The third kappa shape index (κ3) is 4.78. The molecular weight excluding hydrogens is 448 g/mol. The minimum absolute atomic E-state index is 0.190. The second kappa shape index (κ2) is 10.7. The van der Waals surface area contributed by atoms with E-state index in [-0.39, 0.29) is 12.2 Å². The standard InChI is InChI=1S/C36H42O/c1-21-23(3)27(7)33(28(8)24(21)4)35(31-17-13-11-14-18-31)37-36(32-19-15-12-16-20-32)34-29(9)25(5)22(2)26(6)30(34)10/h11-20,35-36H,1-10H3. The lowest BCUT2D eigenvalue weighted by Crippen LogP contribution is -2.19. The molecule has 0 aliphatic rings. The summed E-state index contributed by atoms with van der Waals surface area (Å²) >= 11 is 0. The molecule has 2 unspecified atom stereocenters. The van der Waals surface area contributed by atoms with Crippen LogP contribution in [-0.4, -0.2) is 0 Å². The Morgan fingerprint density at radius 1 is 0.351 bits per heavy atom. The second-order valence-electron chi connectivity index (χ2n) is 10.8. The first-order chi connectivity index (χ1) is 17.6. The molecule has 0 saturated heterocycles. The quantitative estimate of drug-likeness (QED) is 0.261.